The molecule has 0 nitrogen and oxygen atoms in total. The molecule has 0 aliphatic rings. The summed E-state index contributed by atoms with van der Waals surface area (Å²) >= 11 is 1.36. The summed E-state index contributed by atoms with van der Waals surface area (Å²) in [4.78, 5) is 0. The minimum absolute atomic E-state index is 0. The van der Waals surface area contributed by atoms with Gasteiger partial charge in [-0.05, 0) is 0 Å². The Kier molecular flexibility index (Phi) is 6.04. The van der Waals surface area contributed by atoms with Crippen LogP contribution in [0.1, 0.15) is 30.9 Å². The first-order chi connectivity index (χ1) is 5.25. The van der Waals surface area contributed by atoms with E-state index < -0.39 is 0 Å². The van der Waals surface area contributed by atoms with Crippen LogP contribution in [0.5, 0.6) is 0 Å². The SMILES string of the molecule is Br.CC(C)c1ccccc1[CH2][Zn]. The third-order valence-corrected chi connectivity index (χ3v) is 3.08. The van der Waals surface area contributed by atoms with Crippen molar-refractivity contribution in [2.75, 3.05) is 0 Å². The summed E-state index contributed by atoms with van der Waals surface area (Å²) in [6.07, 6.45) is 0. The van der Waals surface area contributed by atoms with Gasteiger partial charge in [0, 0.05) is 0 Å². The summed E-state index contributed by atoms with van der Waals surface area (Å²) < 4.78 is 0. The summed E-state index contributed by atoms with van der Waals surface area (Å²) in [6, 6.07) is 8.76. The molecule has 0 unspecified atom stereocenters. The standard InChI is InChI=1S/C10H13.BrH.Zn/c1-8(2)10-7-5-4-6-9(10)3;;/h4-8H,3H2,1-2H3;1H;. The molecule has 0 fully saturated rings. The molecule has 0 heterocycles. The summed E-state index contributed by atoms with van der Waals surface area (Å²) in [7, 11) is 0. The number of benzene rings is 1. The molecule has 63 valence electrons. The van der Waals surface area contributed by atoms with Crippen LogP contribution in [-0.2, 0) is 23.3 Å². The van der Waals surface area contributed by atoms with E-state index in [-0.39, 0.29) is 17.0 Å². The van der Waals surface area contributed by atoms with Gasteiger partial charge in [0.1, 0.15) is 0 Å². The Labute approximate surface area is 95.2 Å². The fourth-order valence-electron chi connectivity index (χ4n) is 1.33. The van der Waals surface area contributed by atoms with E-state index in [1.54, 1.807) is 5.56 Å². The van der Waals surface area contributed by atoms with Crippen molar-refractivity contribution in [2.45, 2.75) is 24.8 Å². The Hall–Kier alpha value is 0.323. The Morgan fingerprint density at radius 2 is 1.83 bits per heavy atom. The normalized spacial score (nSPS) is 9.75. The molecule has 0 aliphatic heterocycles. The zero-order valence-corrected chi connectivity index (χ0v) is 12.4. The monoisotopic (exact) mass is 277 g/mol. The molecule has 0 spiro atoms. The second kappa shape index (κ2) is 5.88. The van der Waals surface area contributed by atoms with E-state index >= 15 is 0 Å². The second-order valence-electron chi connectivity index (χ2n) is 3.10. The summed E-state index contributed by atoms with van der Waals surface area (Å²) in [5.41, 5.74) is 3.07. The molecule has 0 atom stereocenters. The Morgan fingerprint density at radius 3 is 2.25 bits per heavy atom. The van der Waals surface area contributed by atoms with E-state index in [9.17, 15) is 0 Å². The predicted molar refractivity (Wildman–Crippen MR) is 54.6 cm³/mol. The van der Waals surface area contributed by atoms with Crippen molar-refractivity contribution in [3.8, 4) is 0 Å². The molecule has 0 amide bonds. The van der Waals surface area contributed by atoms with Crippen molar-refractivity contribution in [1.82, 2.24) is 0 Å². The molecule has 0 bridgehead atoms. The molecular formula is C10H14BrZn. The van der Waals surface area contributed by atoms with Crippen molar-refractivity contribution in [3.63, 3.8) is 0 Å². The van der Waals surface area contributed by atoms with E-state index in [0.29, 0.717) is 5.92 Å². The van der Waals surface area contributed by atoms with Gasteiger partial charge in [0.2, 0.25) is 0 Å². The van der Waals surface area contributed by atoms with E-state index in [0.717, 1.165) is 0 Å². The van der Waals surface area contributed by atoms with Gasteiger partial charge in [-0.3, -0.25) is 0 Å². The third-order valence-electron chi connectivity index (χ3n) is 1.95. The third kappa shape index (κ3) is 2.99. The van der Waals surface area contributed by atoms with Gasteiger partial charge in [0.25, 0.3) is 0 Å². The van der Waals surface area contributed by atoms with Gasteiger partial charge in [-0.2, -0.15) is 0 Å². The average molecular weight is 280 g/mol. The first-order valence-electron chi connectivity index (χ1n) is 4.12. The number of rotatable bonds is 2. The van der Waals surface area contributed by atoms with Gasteiger partial charge < -0.3 is 0 Å². The zero-order valence-electron chi connectivity index (χ0n) is 7.71. The van der Waals surface area contributed by atoms with Gasteiger partial charge in [-0.15, -0.1) is 17.0 Å². The van der Waals surface area contributed by atoms with E-state index in [1.165, 1.54) is 28.9 Å². The molecule has 0 saturated carbocycles. The number of hydrogen-bond acceptors (Lipinski definition) is 0. The van der Waals surface area contributed by atoms with E-state index in [2.05, 4.69) is 38.1 Å². The molecule has 1 aromatic rings. The van der Waals surface area contributed by atoms with Gasteiger partial charge in [-0.25, -0.2) is 0 Å². The van der Waals surface area contributed by atoms with Crippen LogP contribution in [0.4, 0.5) is 0 Å². The topological polar surface area (TPSA) is 0 Å². The van der Waals surface area contributed by atoms with Crippen molar-refractivity contribution < 1.29 is 18.3 Å². The van der Waals surface area contributed by atoms with Gasteiger partial charge in [0.05, 0.1) is 0 Å². The number of halogens is 1. The molecule has 12 heavy (non-hydrogen) atoms. The van der Waals surface area contributed by atoms with Crippen LogP contribution in [0.3, 0.4) is 0 Å². The second-order valence-corrected chi connectivity index (χ2v) is 4.15. The minimum atomic E-state index is 0. The maximum atomic E-state index is 2.26. The fourth-order valence-corrected chi connectivity index (χ4v) is 2.28. The molecule has 1 rings (SSSR count). The van der Waals surface area contributed by atoms with Crippen LogP contribution < -0.4 is 0 Å². The van der Waals surface area contributed by atoms with Crippen LogP contribution in [0.2, 0.25) is 0 Å². The van der Waals surface area contributed by atoms with Crippen molar-refractivity contribution >= 4 is 17.0 Å². The summed E-state index contributed by atoms with van der Waals surface area (Å²) in [5.74, 6) is 0.678. The van der Waals surface area contributed by atoms with Gasteiger partial charge in [-0.1, -0.05) is 0 Å². The Balaban J connectivity index is 0.00000121. The maximum absolute atomic E-state index is 2.26. The molecule has 0 radical (unpaired) electrons. The van der Waals surface area contributed by atoms with Crippen LogP contribution >= 0.6 is 17.0 Å². The molecule has 0 saturated heterocycles. The first kappa shape index (κ1) is 12.3. The summed E-state index contributed by atoms with van der Waals surface area (Å²) in [6.45, 7) is 4.52. The van der Waals surface area contributed by atoms with E-state index in [4.69, 9.17) is 0 Å². The molecule has 0 aliphatic carbocycles. The fraction of sp³-hybridized carbons (Fsp3) is 0.400. The molecule has 2 heteroatoms. The van der Waals surface area contributed by atoms with Crippen LogP contribution in [-0.4, -0.2) is 0 Å². The van der Waals surface area contributed by atoms with Crippen molar-refractivity contribution in [2.24, 2.45) is 0 Å². The van der Waals surface area contributed by atoms with Crippen LogP contribution in [0, 0.1) is 0 Å². The quantitative estimate of drug-likeness (QED) is 0.728. The molecule has 1 aromatic carbocycles. The Morgan fingerprint density at radius 1 is 1.25 bits per heavy atom. The van der Waals surface area contributed by atoms with Crippen molar-refractivity contribution in [1.29, 1.82) is 0 Å². The molecule has 0 aromatic heterocycles. The molecular weight excluding hydrogens is 265 g/mol. The van der Waals surface area contributed by atoms with Crippen LogP contribution in [0.25, 0.3) is 0 Å². The number of hydrogen-bond donors (Lipinski definition) is 0. The van der Waals surface area contributed by atoms with Gasteiger partial charge in [0.15, 0.2) is 0 Å². The van der Waals surface area contributed by atoms with E-state index in [1.807, 2.05) is 0 Å². The Bertz CT molecular complexity index is 233. The average Bonchev–Trinajstić information content (AvgIpc) is 2.04. The predicted octanol–water partition coefficient (Wildman–Crippen LogP) is 3.43. The van der Waals surface area contributed by atoms with Crippen molar-refractivity contribution in [3.05, 3.63) is 35.4 Å². The van der Waals surface area contributed by atoms with Gasteiger partial charge >= 0.3 is 78.5 Å². The van der Waals surface area contributed by atoms with Crippen LogP contribution in [0.15, 0.2) is 24.3 Å². The molecule has 0 N–H and O–H groups in total. The summed E-state index contributed by atoms with van der Waals surface area (Å²) in [5, 5.41) is 1.27. The zero-order chi connectivity index (χ0) is 8.27. The first-order valence-corrected chi connectivity index (χ1v) is 6.22.